The van der Waals surface area contributed by atoms with Crippen LogP contribution in [0.25, 0.3) is 22.8 Å². The van der Waals surface area contributed by atoms with Crippen LogP contribution in [-0.2, 0) is 0 Å². The molecule has 3 aromatic rings. The Morgan fingerprint density at radius 2 is 1.65 bits per heavy atom. The second-order valence-corrected chi connectivity index (χ2v) is 4.75. The van der Waals surface area contributed by atoms with Crippen LogP contribution in [0.1, 0.15) is 5.56 Å². The van der Waals surface area contributed by atoms with Crippen LogP contribution in [0.15, 0.2) is 54.7 Å². The molecular formula is C16H12ClN3. The number of halogens is 1. The Balaban J connectivity index is 2.19. The third kappa shape index (κ3) is 2.40. The summed E-state index contributed by atoms with van der Waals surface area (Å²) >= 11 is 6.24. The molecular weight excluding hydrogens is 270 g/mol. The van der Waals surface area contributed by atoms with Gasteiger partial charge in [0.05, 0.1) is 5.69 Å². The van der Waals surface area contributed by atoms with E-state index in [0.717, 1.165) is 16.8 Å². The molecule has 20 heavy (non-hydrogen) atoms. The number of pyridine rings is 1. The quantitative estimate of drug-likeness (QED) is 0.662. The molecule has 1 aromatic carbocycles. The van der Waals surface area contributed by atoms with Gasteiger partial charge in [-0.1, -0.05) is 48.0 Å². The summed E-state index contributed by atoms with van der Waals surface area (Å²) in [6, 6.07) is 15.6. The highest BCUT2D eigenvalue weighted by Crippen LogP contribution is 2.27. The van der Waals surface area contributed by atoms with Gasteiger partial charge in [-0.15, -0.1) is 0 Å². The SMILES string of the molecule is Cc1c(Cl)nc(-c2ccccn2)nc1-c1ccccc1. The molecule has 0 saturated heterocycles. The van der Waals surface area contributed by atoms with Crippen LogP contribution in [0.4, 0.5) is 0 Å². The molecule has 0 fully saturated rings. The van der Waals surface area contributed by atoms with Gasteiger partial charge in [0.1, 0.15) is 10.8 Å². The first-order chi connectivity index (χ1) is 9.75. The Hall–Kier alpha value is -2.26. The van der Waals surface area contributed by atoms with Crippen LogP contribution >= 0.6 is 11.6 Å². The van der Waals surface area contributed by atoms with Crippen molar-refractivity contribution in [2.24, 2.45) is 0 Å². The van der Waals surface area contributed by atoms with Gasteiger partial charge < -0.3 is 0 Å². The minimum atomic E-state index is 0.458. The highest BCUT2D eigenvalue weighted by atomic mass is 35.5. The summed E-state index contributed by atoms with van der Waals surface area (Å²) in [6.45, 7) is 1.92. The standard InChI is InChI=1S/C16H12ClN3/c1-11-14(12-7-3-2-4-8-12)19-16(20-15(11)17)13-9-5-6-10-18-13/h2-10H,1H3. The zero-order valence-corrected chi connectivity index (χ0v) is 11.7. The smallest absolute Gasteiger partial charge is 0.180 e. The second kappa shape index (κ2) is 5.39. The molecule has 4 heteroatoms. The summed E-state index contributed by atoms with van der Waals surface area (Å²) in [4.78, 5) is 13.2. The predicted molar refractivity (Wildman–Crippen MR) is 80.4 cm³/mol. The molecule has 0 amide bonds. The monoisotopic (exact) mass is 281 g/mol. The van der Waals surface area contributed by atoms with Gasteiger partial charge in [-0.2, -0.15) is 0 Å². The zero-order valence-electron chi connectivity index (χ0n) is 10.9. The van der Waals surface area contributed by atoms with E-state index in [1.165, 1.54) is 0 Å². The molecule has 0 bridgehead atoms. The van der Waals surface area contributed by atoms with Gasteiger partial charge in [0.2, 0.25) is 0 Å². The summed E-state index contributed by atoms with van der Waals surface area (Å²) in [5, 5.41) is 0.458. The van der Waals surface area contributed by atoms with Crippen molar-refractivity contribution in [3.05, 3.63) is 65.4 Å². The molecule has 0 radical (unpaired) electrons. The molecule has 2 aromatic heterocycles. The van der Waals surface area contributed by atoms with Crippen molar-refractivity contribution in [2.45, 2.75) is 6.92 Å². The van der Waals surface area contributed by atoms with Crippen LogP contribution in [0.2, 0.25) is 5.15 Å². The molecule has 0 unspecified atom stereocenters. The van der Waals surface area contributed by atoms with Crippen LogP contribution < -0.4 is 0 Å². The van der Waals surface area contributed by atoms with E-state index in [2.05, 4.69) is 15.0 Å². The lowest BCUT2D eigenvalue weighted by Crippen LogP contribution is -1.98. The van der Waals surface area contributed by atoms with E-state index >= 15 is 0 Å². The normalized spacial score (nSPS) is 10.5. The molecule has 0 saturated carbocycles. The Labute approximate surface area is 122 Å². The molecule has 98 valence electrons. The maximum atomic E-state index is 6.24. The van der Waals surface area contributed by atoms with Gasteiger partial charge in [0.15, 0.2) is 5.82 Å². The van der Waals surface area contributed by atoms with Crippen molar-refractivity contribution >= 4 is 11.6 Å². The topological polar surface area (TPSA) is 38.7 Å². The van der Waals surface area contributed by atoms with Crippen molar-refractivity contribution in [1.29, 1.82) is 0 Å². The minimum absolute atomic E-state index is 0.458. The average Bonchev–Trinajstić information content (AvgIpc) is 2.51. The highest BCUT2D eigenvalue weighted by molar-refractivity contribution is 6.30. The lowest BCUT2D eigenvalue weighted by Gasteiger charge is -2.09. The first-order valence-electron chi connectivity index (χ1n) is 6.26. The number of rotatable bonds is 2. The van der Waals surface area contributed by atoms with Crippen molar-refractivity contribution in [3.8, 4) is 22.8 Å². The van der Waals surface area contributed by atoms with E-state index in [9.17, 15) is 0 Å². The second-order valence-electron chi connectivity index (χ2n) is 4.39. The molecule has 0 aliphatic heterocycles. The lowest BCUT2D eigenvalue weighted by molar-refractivity contribution is 1.12. The molecule has 2 heterocycles. The van der Waals surface area contributed by atoms with Crippen molar-refractivity contribution in [1.82, 2.24) is 15.0 Å². The zero-order chi connectivity index (χ0) is 13.9. The Kier molecular flexibility index (Phi) is 3.44. The lowest BCUT2D eigenvalue weighted by atomic mass is 10.1. The first kappa shape index (κ1) is 12.8. The molecule has 0 aliphatic carbocycles. The Morgan fingerprint density at radius 3 is 2.35 bits per heavy atom. The van der Waals surface area contributed by atoms with Crippen molar-refractivity contribution in [3.63, 3.8) is 0 Å². The average molecular weight is 282 g/mol. The number of nitrogens with zero attached hydrogens (tertiary/aromatic N) is 3. The van der Waals surface area contributed by atoms with E-state index in [-0.39, 0.29) is 0 Å². The largest absolute Gasteiger partial charge is 0.253 e. The molecule has 3 rings (SSSR count). The van der Waals surface area contributed by atoms with Gasteiger partial charge >= 0.3 is 0 Å². The first-order valence-corrected chi connectivity index (χ1v) is 6.64. The van der Waals surface area contributed by atoms with Gasteiger partial charge in [-0.25, -0.2) is 9.97 Å². The summed E-state index contributed by atoms with van der Waals surface area (Å²) in [7, 11) is 0. The molecule has 0 N–H and O–H groups in total. The third-order valence-electron chi connectivity index (χ3n) is 3.03. The fraction of sp³-hybridized carbons (Fsp3) is 0.0625. The third-order valence-corrected chi connectivity index (χ3v) is 3.40. The van der Waals surface area contributed by atoms with Crippen LogP contribution in [0, 0.1) is 6.92 Å². The minimum Gasteiger partial charge on any atom is -0.253 e. The Morgan fingerprint density at radius 1 is 0.900 bits per heavy atom. The summed E-state index contributed by atoms with van der Waals surface area (Å²) in [6.07, 6.45) is 1.72. The Bertz CT molecular complexity index is 727. The fourth-order valence-corrected chi connectivity index (χ4v) is 2.15. The predicted octanol–water partition coefficient (Wildman–Crippen LogP) is 4.17. The van der Waals surface area contributed by atoms with Crippen LogP contribution in [-0.4, -0.2) is 15.0 Å². The maximum Gasteiger partial charge on any atom is 0.180 e. The van der Waals surface area contributed by atoms with E-state index in [1.54, 1.807) is 6.20 Å². The van der Waals surface area contributed by atoms with E-state index < -0.39 is 0 Å². The van der Waals surface area contributed by atoms with Gasteiger partial charge in [0.25, 0.3) is 0 Å². The van der Waals surface area contributed by atoms with E-state index in [1.807, 2.05) is 55.5 Å². The summed E-state index contributed by atoms with van der Waals surface area (Å²) in [5.41, 5.74) is 3.45. The van der Waals surface area contributed by atoms with Crippen LogP contribution in [0.5, 0.6) is 0 Å². The maximum absolute atomic E-state index is 6.24. The van der Waals surface area contributed by atoms with E-state index in [0.29, 0.717) is 16.7 Å². The summed E-state index contributed by atoms with van der Waals surface area (Å²) in [5.74, 6) is 0.542. The molecule has 0 spiro atoms. The summed E-state index contributed by atoms with van der Waals surface area (Å²) < 4.78 is 0. The van der Waals surface area contributed by atoms with Crippen LogP contribution in [0.3, 0.4) is 0 Å². The van der Waals surface area contributed by atoms with Crippen molar-refractivity contribution in [2.75, 3.05) is 0 Å². The van der Waals surface area contributed by atoms with Gasteiger partial charge in [-0.3, -0.25) is 4.98 Å². The van der Waals surface area contributed by atoms with E-state index in [4.69, 9.17) is 11.6 Å². The molecule has 3 nitrogen and oxygen atoms in total. The number of benzene rings is 1. The highest BCUT2D eigenvalue weighted by Gasteiger charge is 2.12. The number of aromatic nitrogens is 3. The van der Waals surface area contributed by atoms with Gasteiger partial charge in [-0.05, 0) is 19.1 Å². The van der Waals surface area contributed by atoms with Gasteiger partial charge in [0, 0.05) is 17.3 Å². The van der Waals surface area contributed by atoms with Crippen molar-refractivity contribution < 1.29 is 0 Å². The number of hydrogen-bond acceptors (Lipinski definition) is 3. The molecule has 0 aliphatic rings. The fourth-order valence-electron chi connectivity index (χ4n) is 1.98. The molecule has 0 atom stereocenters. The number of hydrogen-bond donors (Lipinski definition) is 0.